The molecule has 1 heterocycles. The summed E-state index contributed by atoms with van der Waals surface area (Å²) < 4.78 is 1.81. The number of aromatic nitrogens is 2. The van der Waals surface area contributed by atoms with E-state index in [1.807, 2.05) is 67.9 Å². The van der Waals surface area contributed by atoms with E-state index >= 15 is 0 Å². The van der Waals surface area contributed by atoms with E-state index in [2.05, 4.69) is 17.4 Å². The third-order valence-corrected chi connectivity index (χ3v) is 4.96. The Hall–Kier alpha value is -3.80. The molecule has 30 heavy (non-hydrogen) atoms. The van der Waals surface area contributed by atoms with Crippen molar-refractivity contribution in [2.24, 2.45) is 5.73 Å². The third-order valence-electron chi connectivity index (χ3n) is 4.96. The Balaban J connectivity index is 1.89. The van der Waals surface area contributed by atoms with Crippen LogP contribution in [-0.2, 0) is 5.54 Å². The Morgan fingerprint density at radius 1 is 0.967 bits per heavy atom. The van der Waals surface area contributed by atoms with E-state index in [9.17, 15) is 4.79 Å². The molecule has 0 aliphatic rings. The Morgan fingerprint density at radius 2 is 1.63 bits per heavy atom. The van der Waals surface area contributed by atoms with Crippen LogP contribution in [0.4, 0.5) is 17.2 Å². The minimum Gasteiger partial charge on any atom is -0.399 e. The van der Waals surface area contributed by atoms with Crippen molar-refractivity contribution in [2.75, 3.05) is 11.1 Å². The summed E-state index contributed by atoms with van der Waals surface area (Å²) in [6.07, 6.45) is 0. The van der Waals surface area contributed by atoms with Crippen LogP contribution >= 0.6 is 0 Å². The fourth-order valence-corrected chi connectivity index (χ4v) is 3.50. The summed E-state index contributed by atoms with van der Waals surface area (Å²) >= 11 is 0. The van der Waals surface area contributed by atoms with Crippen LogP contribution in [0, 0.1) is 0 Å². The quantitative estimate of drug-likeness (QED) is 0.426. The van der Waals surface area contributed by atoms with Crippen LogP contribution in [0.2, 0.25) is 0 Å². The molecule has 152 valence electrons. The zero-order chi connectivity index (χ0) is 21.5. The van der Waals surface area contributed by atoms with Gasteiger partial charge in [-0.1, -0.05) is 42.5 Å². The molecule has 0 atom stereocenters. The maximum atomic E-state index is 12.5. The molecule has 0 saturated carbocycles. The topological polar surface area (TPSA) is 99.0 Å². The molecule has 4 rings (SSSR count). The first-order chi connectivity index (χ1) is 14.2. The van der Waals surface area contributed by atoms with Crippen molar-refractivity contribution in [3.8, 4) is 11.3 Å². The van der Waals surface area contributed by atoms with Crippen molar-refractivity contribution in [2.45, 2.75) is 26.3 Å². The molecule has 0 saturated heterocycles. The van der Waals surface area contributed by atoms with E-state index in [1.165, 1.54) is 0 Å². The Bertz CT molecular complexity index is 1230. The van der Waals surface area contributed by atoms with Gasteiger partial charge in [0, 0.05) is 16.9 Å². The average Bonchev–Trinajstić information content (AvgIpc) is 3.08. The number of anilines is 3. The number of rotatable bonds is 4. The number of hydrogen-bond acceptors (Lipinski definition) is 4. The Kier molecular flexibility index (Phi) is 4.70. The molecule has 0 spiro atoms. The van der Waals surface area contributed by atoms with Crippen LogP contribution < -0.4 is 16.8 Å². The molecule has 0 aliphatic carbocycles. The van der Waals surface area contributed by atoms with Crippen molar-refractivity contribution in [1.82, 2.24) is 9.78 Å². The van der Waals surface area contributed by atoms with Crippen LogP contribution in [0.5, 0.6) is 0 Å². The molecule has 1 amide bonds. The van der Waals surface area contributed by atoms with E-state index in [0.717, 1.165) is 22.0 Å². The molecular weight excluding hydrogens is 374 g/mol. The molecular formula is C24H25N5O. The summed E-state index contributed by atoms with van der Waals surface area (Å²) in [7, 11) is 0. The van der Waals surface area contributed by atoms with E-state index in [0.29, 0.717) is 22.8 Å². The first kappa shape index (κ1) is 19.5. The summed E-state index contributed by atoms with van der Waals surface area (Å²) in [6.45, 7) is 6.09. The van der Waals surface area contributed by atoms with Gasteiger partial charge in [0.1, 0.15) is 17.1 Å². The van der Waals surface area contributed by atoms with Gasteiger partial charge in [-0.05, 0) is 55.8 Å². The zero-order valence-electron chi connectivity index (χ0n) is 17.3. The van der Waals surface area contributed by atoms with Gasteiger partial charge in [-0.25, -0.2) is 4.68 Å². The van der Waals surface area contributed by atoms with E-state index in [4.69, 9.17) is 16.6 Å². The second-order valence-electron chi connectivity index (χ2n) is 8.33. The van der Waals surface area contributed by atoms with Crippen molar-refractivity contribution in [1.29, 1.82) is 0 Å². The number of hydrogen-bond donors (Lipinski definition) is 3. The van der Waals surface area contributed by atoms with Crippen LogP contribution in [0.15, 0.2) is 66.7 Å². The third kappa shape index (κ3) is 3.59. The van der Waals surface area contributed by atoms with Crippen LogP contribution in [0.25, 0.3) is 22.0 Å². The number of carbonyl (C=O) groups excluding carboxylic acids is 1. The number of fused-ring (bicyclic) bond motifs is 1. The SMILES string of the molecule is CC(C)(C)n1nc(-c2ccc(N)cc2)c(C(N)=O)c1Nc1ccc2ccccc2c1. The molecule has 6 nitrogen and oxygen atoms in total. The van der Waals surface area contributed by atoms with Gasteiger partial charge in [0.15, 0.2) is 0 Å². The van der Waals surface area contributed by atoms with E-state index in [-0.39, 0.29) is 5.54 Å². The lowest BCUT2D eigenvalue weighted by molar-refractivity contribution is 0.100. The molecule has 0 unspecified atom stereocenters. The predicted octanol–water partition coefficient (Wildman–Crippen LogP) is 4.88. The maximum absolute atomic E-state index is 12.5. The van der Waals surface area contributed by atoms with Gasteiger partial charge in [0.05, 0.1) is 5.54 Å². The molecule has 0 radical (unpaired) electrons. The largest absolute Gasteiger partial charge is 0.399 e. The summed E-state index contributed by atoms with van der Waals surface area (Å²) in [5, 5.41) is 10.4. The van der Waals surface area contributed by atoms with Crippen molar-refractivity contribution in [3.05, 3.63) is 72.3 Å². The minimum atomic E-state index is -0.541. The molecule has 1 aromatic heterocycles. The number of nitrogens with two attached hydrogens (primary N) is 2. The molecule has 4 aromatic rings. The Labute approximate surface area is 175 Å². The standard InChI is InChI=1S/C24H25N5O/c1-24(2,3)29-23(27-19-13-10-15-6-4-5-7-17(15)14-19)20(22(26)30)21(28-29)16-8-11-18(25)12-9-16/h4-14,27H,25H2,1-3H3,(H2,26,30). The van der Waals surface area contributed by atoms with Gasteiger partial charge in [-0.2, -0.15) is 5.10 Å². The van der Waals surface area contributed by atoms with Crippen molar-refractivity contribution < 1.29 is 4.79 Å². The van der Waals surface area contributed by atoms with Crippen molar-refractivity contribution >= 4 is 33.9 Å². The lowest BCUT2D eigenvalue weighted by Crippen LogP contribution is -2.25. The molecule has 6 heteroatoms. The molecule has 3 aromatic carbocycles. The molecule has 5 N–H and O–H groups in total. The number of carbonyl (C=O) groups is 1. The fraction of sp³-hybridized carbons (Fsp3) is 0.167. The zero-order valence-corrected chi connectivity index (χ0v) is 17.3. The highest BCUT2D eigenvalue weighted by Gasteiger charge is 2.28. The highest BCUT2D eigenvalue weighted by Crippen LogP contribution is 2.35. The van der Waals surface area contributed by atoms with Gasteiger partial charge in [0.25, 0.3) is 5.91 Å². The number of amides is 1. The summed E-state index contributed by atoms with van der Waals surface area (Å²) in [6, 6.07) is 21.4. The van der Waals surface area contributed by atoms with Gasteiger partial charge < -0.3 is 16.8 Å². The van der Waals surface area contributed by atoms with Crippen LogP contribution in [0.1, 0.15) is 31.1 Å². The lowest BCUT2D eigenvalue weighted by atomic mass is 10.1. The number of nitrogen functional groups attached to an aromatic ring is 1. The summed E-state index contributed by atoms with van der Waals surface area (Å²) in [5.41, 5.74) is 14.4. The number of nitrogens with one attached hydrogen (secondary N) is 1. The number of benzene rings is 3. The van der Waals surface area contributed by atoms with E-state index < -0.39 is 5.91 Å². The molecule has 0 bridgehead atoms. The van der Waals surface area contributed by atoms with Crippen LogP contribution in [0.3, 0.4) is 0 Å². The van der Waals surface area contributed by atoms with E-state index in [1.54, 1.807) is 12.1 Å². The Morgan fingerprint density at radius 3 is 2.27 bits per heavy atom. The maximum Gasteiger partial charge on any atom is 0.254 e. The normalized spacial score (nSPS) is 11.6. The first-order valence-corrected chi connectivity index (χ1v) is 9.79. The smallest absolute Gasteiger partial charge is 0.254 e. The predicted molar refractivity (Wildman–Crippen MR) is 123 cm³/mol. The highest BCUT2D eigenvalue weighted by atomic mass is 16.1. The van der Waals surface area contributed by atoms with Crippen molar-refractivity contribution in [3.63, 3.8) is 0 Å². The molecule has 0 aliphatic heterocycles. The van der Waals surface area contributed by atoms with Gasteiger partial charge in [0.2, 0.25) is 0 Å². The average molecular weight is 399 g/mol. The minimum absolute atomic E-state index is 0.350. The van der Waals surface area contributed by atoms with Gasteiger partial charge in [-0.3, -0.25) is 4.79 Å². The molecule has 0 fully saturated rings. The second-order valence-corrected chi connectivity index (χ2v) is 8.33. The second kappa shape index (κ2) is 7.22. The monoisotopic (exact) mass is 399 g/mol. The first-order valence-electron chi connectivity index (χ1n) is 9.79. The summed E-state index contributed by atoms with van der Waals surface area (Å²) in [4.78, 5) is 12.5. The number of primary amides is 1. The lowest BCUT2D eigenvalue weighted by Gasteiger charge is -2.23. The highest BCUT2D eigenvalue weighted by molar-refractivity contribution is 6.04. The fourth-order valence-electron chi connectivity index (χ4n) is 3.50. The summed E-state index contributed by atoms with van der Waals surface area (Å²) in [5.74, 6) is 0.0257. The van der Waals surface area contributed by atoms with Gasteiger partial charge in [-0.15, -0.1) is 0 Å². The van der Waals surface area contributed by atoms with Crippen LogP contribution in [-0.4, -0.2) is 15.7 Å². The van der Waals surface area contributed by atoms with Gasteiger partial charge >= 0.3 is 0 Å². The number of nitrogens with zero attached hydrogens (tertiary/aromatic N) is 2.